The van der Waals surface area contributed by atoms with Gasteiger partial charge in [0.05, 0.1) is 5.57 Å². The van der Waals surface area contributed by atoms with Gasteiger partial charge in [-0.1, -0.05) is 32.0 Å². The van der Waals surface area contributed by atoms with Crippen LogP contribution >= 0.6 is 0 Å². The molecule has 3 heteroatoms. The number of hydrogen-bond donors (Lipinski definition) is 2. The molecule has 0 saturated carbocycles. The van der Waals surface area contributed by atoms with E-state index in [0.29, 0.717) is 5.57 Å². The first-order valence-electron chi connectivity index (χ1n) is 9.61. The number of benzene rings is 2. The Bertz CT molecular complexity index is 1080. The number of para-hydroxylation sites is 1. The molecule has 3 aromatic rings. The topological polar surface area (TPSA) is 44.9 Å². The number of carbonyl (C=O) groups is 1. The number of aromatic nitrogens is 1. The number of aryl methyl sites for hydroxylation is 3. The van der Waals surface area contributed by atoms with Gasteiger partial charge in [0, 0.05) is 27.8 Å². The van der Waals surface area contributed by atoms with Crippen LogP contribution in [0.2, 0.25) is 0 Å². The summed E-state index contributed by atoms with van der Waals surface area (Å²) in [6, 6.07) is 7.83. The Labute approximate surface area is 161 Å². The van der Waals surface area contributed by atoms with Crippen LogP contribution < -0.4 is 5.32 Å². The van der Waals surface area contributed by atoms with Crippen LogP contribution in [0.3, 0.4) is 0 Å². The maximum atomic E-state index is 12.4. The van der Waals surface area contributed by atoms with Crippen molar-refractivity contribution in [2.75, 3.05) is 5.32 Å². The quantitative estimate of drug-likeness (QED) is 0.496. The number of hydrogen-bond acceptors (Lipinski definition) is 1. The molecule has 4 rings (SSSR count). The Balaban J connectivity index is 0.00000102. The van der Waals surface area contributed by atoms with E-state index in [4.69, 9.17) is 0 Å². The summed E-state index contributed by atoms with van der Waals surface area (Å²) in [6.45, 7) is 14.8. The maximum Gasteiger partial charge on any atom is 0.256 e. The monoisotopic (exact) mass is 360 g/mol. The van der Waals surface area contributed by atoms with E-state index >= 15 is 0 Å². The van der Waals surface area contributed by atoms with Gasteiger partial charge >= 0.3 is 0 Å². The van der Waals surface area contributed by atoms with Crippen molar-refractivity contribution >= 4 is 34.1 Å². The zero-order valence-electron chi connectivity index (χ0n) is 17.3. The average Bonchev–Trinajstić information content (AvgIpc) is 3.17. The van der Waals surface area contributed by atoms with Gasteiger partial charge in [0.2, 0.25) is 0 Å². The minimum Gasteiger partial charge on any atom is -0.355 e. The molecular weight excluding hydrogens is 332 g/mol. The molecule has 3 nitrogen and oxygen atoms in total. The molecule has 2 heterocycles. The molecule has 1 aliphatic heterocycles. The van der Waals surface area contributed by atoms with Crippen molar-refractivity contribution in [1.29, 1.82) is 0 Å². The third kappa shape index (κ3) is 2.87. The SMILES string of the molecule is CC.Cc1c(C)c(C)c2c(C)c(/C=C3\C(=O)Nc4ccccc43)[nH]c2c1C. The van der Waals surface area contributed by atoms with Gasteiger partial charge in [-0.2, -0.15) is 0 Å². The summed E-state index contributed by atoms with van der Waals surface area (Å²) >= 11 is 0. The van der Waals surface area contributed by atoms with E-state index in [1.807, 2.05) is 44.2 Å². The van der Waals surface area contributed by atoms with Crippen molar-refractivity contribution in [3.05, 3.63) is 63.3 Å². The van der Waals surface area contributed by atoms with Crippen LogP contribution in [0.1, 0.15) is 52.9 Å². The average molecular weight is 361 g/mol. The zero-order chi connectivity index (χ0) is 19.9. The molecule has 0 saturated heterocycles. The second kappa shape index (κ2) is 7.07. The highest BCUT2D eigenvalue weighted by Gasteiger charge is 2.24. The molecule has 2 aromatic carbocycles. The lowest BCUT2D eigenvalue weighted by molar-refractivity contribution is -0.110. The zero-order valence-corrected chi connectivity index (χ0v) is 17.3. The summed E-state index contributed by atoms with van der Waals surface area (Å²) < 4.78 is 0. The predicted octanol–water partition coefficient (Wildman–Crippen LogP) is 6.23. The molecule has 0 atom stereocenters. The number of fused-ring (bicyclic) bond motifs is 2. The fraction of sp³-hybridized carbons (Fsp3) is 0.292. The van der Waals surface area contributed by atoms with E-state index < -0.39 is 0 Å². The number of anilines is 1. The van der Waals surface area contributed by atoms with Gasteiger partial charge in [-0.05, 0) is 74.6 Å². The fourth-order valence-corrected chi connectivity index (χ4v) is 3.87. The molecule has 0 aliphatic carbocycles. The Morgan fingerprint density at radius 3 is 2.15 bits per heavy atom. The summed E-state index contributed by atoms with van der Waals surface area (Å²) in [5, 5.41) is 4.22. The fourth-order valence-electron chi connectivity index (χ4n) is 3.87. The first kappa shape index (κ1) is 19.0. The Kier molecular flexibility index (Phi) is 4.97. The highest BCUT2D eigenvalue weighted by molar-refractivity contribution is 6.35. The Hall–Kier alpha value is -2.81. The van der Waals surface area contributed by atoms with Crippen molar-refractivity contribution in [1.82, 2.24) is 4.98 Å². The standard InChI is InChI=1S/C22H22N2O.C2H6/c1-11-12(2)14(4)21-20(13(11)3)15(5)19(23-21)10-17-16-8-6-7-9-18(16)24-22(17)25;1-2/h6-10,23H,1-5H3,(H,24,25);1-2H3/b17-10-;. The molecule has 1 amide bonds. The molecule has 0 spiro atoms. The number of amides is 1. The van der Waals surface area contributed by atoms with E-state index in [1.165, 1.54) is 38.7 Å². The van der Waals surface area contributed by atoms with Gasteiger partial charge in [-0.3, -0.25) is 4.79 Å². The number of rotatable bonds is 1. The van der Waals surface area contributed by atoms with Crippen LogP contribution in [0.4, 0.5) is 5.69 Å². The molecule has 1 aliphatic rings. The van der Waals surface area contributed by atoms with E-state index in [0.717, 1.165) is 16.9 Å². The highest BCUT2D eigenvalue weighted by Crippen LogP contribution is 2.36. The van der Waals surface area contributed by atoms with Gasteiger partial charge in [0.25, 0.3) is 5.91 Å². The maximum absolute atomic E-state index is 12.4. The molecule has 0 radical (unpaired) electrons. The van der Waals surface area contributed by atoms with Gasteiger partial charge in [0.15, 0.2) is 0 Å². The molecule has 0 unspecified atom stereocenters. The second-order valence-electron chi connectivity index (χ2n) is 6.97. The molecule has 140 valence electrons. The lowest BCUT2D eigenvalue weighted by Crippen LogP contribution is -2.03. The molecule has 2 N–H and O–H groups in total. The number of nitrogens with one attached hydrogen (secondary N) is 2. The number of aromatic amines is 1. The van der Waals surface area contributed by atoms with Crippen LogP contribution in [-0.4, -0.2) is 10.9 Å². The van der Waals surface area contributed by atoms with E-state index in [2.05, 4.69) is 44.9 Å². The van der Waals surface area contributed by atoms with Crippen molar-refractivity contribution in [2.24, 2.45) is 0 Å². The third-order valence-corrected chi connectivity index (χ3v) is 5.72. The van der Waals surface area contributed by atoms with E-state index in [9.17, 15) is 4.79 Å². The molecule has 0 fully saturated rings. The Morgan fingerprint density at radius 1 is 0.815 bits per heavy atom. The number of carbonyl (C=O) groups excluding carboxylic acids is 1. The van der Waals surface area contributed by atoms with Crippen molar-refractivity contribution in [3.63, 3.8) is 0 Å². The van der Waals surface area contributed by atoms with Crippen LogP contribution in [0.25, 0.3) is 22.6 Å². The third-order valence-electron chi connectivity index (χ3n) is 5.72. The van der Waals surface area contributed by atoms with Gasteiger partial charge in [0.1, 0.15) is 0 Å². The van der Waals surface area contributed by atoms with Crippen LogP contribution in [0.15, 0.2) is 24.3 Å². The van der Waals surface area contributed by atoms with Crippen LogP contribution in [0.5, 0.6) is 0 Å². The lowest BCUT2D eigenvalue weighted by Gasteiger charge is -2.11. The van der Waals surface area contributed by atoms with E-state index in [1.54, 1.807) is 0 Å². The van der Waals surface area contributed by atoms with Crippen LogP contribution in [0, 0.1) is 34.6 Å². The van der Waals surface area contributed by atoms with Crippen molar-refractivity contribution < 1.29 is 4.79 Å². The van der Waals surface area contributed by atoms with Crippen molar-refractivity contribution in [2.45, 2.75) is 48.5 Å². The summed E-state index contributed by atoms with van der Waals surface area (Å²) in [7, 11) is 0. The first-order chi connectivity index (χ1) is 12.9. The summed E-state index contributed by atoms with van der Waals surface area (Å²) in [5.74, 6) is -0.0416. The summed E-state index contributed by atoms with van der Waals surface area (Å²) in [5.41, 5.74) is 11.2. The number of H-pyrrole nitrogens is 1. The summed E-state index contributed by atoms with van der Waals surface area (Å²) in [6.07, 6.45) is 1.99. The first-order valence-corrected chi connectivity index (χ1v) is 9.61. The minimum atomic E-state index is -0.0416. The second-order valence-corrected chi connectivity index (χ2v) is 6.97. The Morgan fingerprint density at radius 2 is 1.44 bits per heavy atom. The smallest absolute Gasteiger partial charge is 0.256 e. The minimum absolute atomic E-state index is 0.0416. The predicted molar refractivity (Wildman–Crippen MR) is 116 cm³/mol. The summed E-state index contributed by atoms with van der Waals surface area (Å²) in [4.78, 5) is 16.0. The highest BCUT2D eigenvalue weighted by atomic mass is 16.2. The molecule has 27 heavy (non-hydrogen) atoms. The van der Waals surface area contributed by atoms with Gasteiger partial charge < -0.3 is 10.3 Å². The molecule has 0 bridgehead atoms. The molecule has 1 aromatic heterocycles. The van der Waals surface area contributed by atoms with Crippen molar-refractivity contribution in [3.8, 4) is 0 Å². The molecular formula is C24H28N2O. The van der Waals surface area contributed by atoms with Gasteiger partial charge in [-0.25, -0.2) is 0 Å². The largest absolute Gasteiger partial charge is 0.355 e. The normalized spacial score (nSPS) is 14.2. The van der Waals surface area contributed by atoms with Gasteiger partial charge in [-0.15, -0.1) is 0 Å². The lowest BCUT2D eigenvalue weighted by atomic mass is 9.94. The van der Waals surface area contributed by atoms with E-state index in [-0.39, 0.29) is 5.91 Å². The van der Waals surface area contributed by atoms with Crippen LogP contribution in [-0.2, 0) is 4.79 Å².